The molecular formula is C14H28N2. The third-order valence-electron chi connectivity index (χ3n) is 3.47. The fraction of sp³-hybridized carbons (Fsp3) is 0.857. The second kappa shape index (κ2) is 7.86. The maximum Gasteiger partial charge on any atom is 0.00669 e. The Morgan fingerprint density at radius 2 is 2.19 bits per heavy atom. The molecule has 1 saturated heterocycles. The summed E-state index contributed by atoms with van der Waals surface area (Å²) in [4.78, 5) is 2.64. The van der Waals surface area contributed by atoms with Gasteiger partial charge >= 0.3 is 0 Å². The first-order valence-electron chi connectivity index (χ1n) is 6.79. The Bertz CT molecular complexity index is 201. The molecule has 16 heavy (non-hydrogen) atoms. The highest BCUT2D eigenvalue weighted by Crippen LogP contribution is 2.15. The van der Waals surface area contributed by atoms with Crippen molar-refractivity contribution in [3.05, 3.63) is 12.2 Å². The number of rotatable bonds is 7. The van der Waals surface area contributed by atoms with Crippen molar-refractivity contribution in [2.24, 2.45) is 0 Å². The lowest BCUT2D eigenvalue weighted by Gasteiger charge is -2.33. The summed E-state index contributed by atoms with van der Waals surface area (Å²) in [5, 5.41) is 3.48. The first-order chi connectivity index (χ1) is 7.70. The molecule has 1 N–H and O–H groups in total. The van der Waals surface area contributed by atoms with Gasteiger partial charge in [0.25, 0.3) is 0 Å². The summed E-state index contributed by atoms with van der Waals surface area (Å²) in [6.45, 7) is 13.2. The van der Waals surface area contributed by atoms with E-state index in [1.807, 2.05) is 0 Å². The van der Waals surface area contributed by atoms with Gasteiger partial charge in [-0.1, -0.05) is 12.0 Å². The van der Waals surface area contributed by atoms with Crippen LogP contribution in [0, 0.1) is 0 Å². The average molecular weight is 224 g/mol. The molecule has 2 heteroatoms. The predicted octanol–water partition coefficient (Wildman–Crippen LogP) is 2.81. The molecule has 0 aliphatic carbocycles. The van der Waals surface area contributed by atoms with Crippen molar-refractivity contribution in [3.8, 4) is 0 Å². The molecule has 1 rings (SSSR count). The lowest BCUT2D eigenvalue weighted by molar-refractivity contribution is 0.159. The molecule has 0 amide bonds. The minimum Gasteiger partial charge on any atom is -0.316 e. The van der Waals surface area contributed by atoms with Crippen LogP contribution in [0.3, 0.4) is 0 Å². The third kappa shape index (κ3) is 5.66. The van der Waals surface area contributed by atoms with Crippen LogP contribution in [0.15, 0.2) is 12.2 Å². The highest BCUT2D eigenvalue weighted by Gasteiger charge is 2.16. The van der Waals surface area contributed by atoms with Crippen LogP contribution in [0.4, 0.5) is 0 Å². The van der Waals surface area contributed by atoms with Crippen LogP contribution >= 0.6 is 0 Å². The van der Waals surface area contributed by atoms with Crippen molar-refractivity contribution < 1.29 is 0 Å². The monoisotopic (exact) mass is 224 g/mol. The lowest BCUT2D eigenvalue weighted by Crippen LogP contribution is -2.38. The molecule has 0 saturated carbocycles. The van der Waals surface area contributed by atoms with E-state index in [4.69, 9.17) is 0 Å². The van der Waals surface area contributed by atoms with Crippen LogP contribution in [0.5, 0.6) is 0 Å². The first kappa shape index (κ1) is 13.7. The molecule has 1 heterocycles. The second-order valence-corrected chi connectivity index (χ2v) is 5.19. The second-order valence-electron chi connectivity index (χ2n) is 5.19. The van der Waals surface area contributed by atoms with Crippen LogP contribution in [0.2, 0.25) is 0 Å². The summed E-state index contributed by atoms with van der Waals surface area (Å²) in [6.07, 6.45) is 6.60. The molecule has 0 radical (unpaired) electrons. The van der Waals surface area contributed by atoms with Crippen molar-refractivity contribution in [1.29, 1.82) is 0 Å². The van der Waals surface area contributed by atoms with E-state index >= 15 is 0 Å². The molecule has 0 aromatic heterocycles. The molecule has 0 aromatic rings. The highest BCUT2D eigenvalue weighted by atomic mass is 15.2. The highest BCUT2D eigenvalue weighted by molar-refractivity contribution is 4.88. The molecule has 0 spiro atoms. The van der Waals surface area contributed by atoms with Gasteiger partial charge in [-0.05, 0) is 65.7 Å². The molecule has 2 nitrogen and oxygen atoms in total. The topological polar surface area (TPSA) is 15.3 Å². The summed E-state index contributed by atoms with van der Waals surface area (Å²) >= 11 is 0. The van der Waals surface area contributed by atoms with Crippen LogP contribution < -0.4 is 5.32 Å². The van der Waals surface area contributed by atoms with Gasteiger partial charge in [-0.2, -0.15) is 0 Å². The van der Waals surface area contributed by atoms with Crippen molar-refractivity contribution >= 4 is 0 Å². The van der Waals surface area contributed by atoms with Gasteiger partial charge in [0.05, 0.1) is 0 Å². The fourth-order valence-corrected chi connectivity index (χ4v) is 2.32. The van der Waals surface area contributed by atoms with E-state index in [2.05, 4.69) is 30.6 Å². The fourth-order valence-electron chi connectivity index (χ4n) is 2.32. The zero-order valence-corrected chi connectivity index (χ0v) is 11.1. The van der Waals surface area contributed by atoms with E-state index < -0.39 is 0 Å². The molecule has 1 fully saturated rings. The summed E-state index contributed by atoms with van der Waals surface area (Å²) in [6, 6.07) is 0.809. The van der Waals surface area contributed by atoms with Crippen molar-refractivity contribution in [3.63, 3.8) is 0 Å². The molecule has 1 atom stereocenters. The Morgan fingerprint density at radius 1 is 1.38 bits per heavy atom. The maximum atomic E-state index is 3.91. The van der Waals surface area contributed by atoms with Gasteiger partial charge in [0, 0.05) is 6.04 Å². The van der Waals surface area contributed by atoms with Gasteiger partial charge in [0.15, 0.2) is 0 Å². The number of hydrogen-bond donors (Lipinski definition) is 1. The zero-order valence-electron chi connectivity index (χ0n) is 11.1. The minimum absolute atomic E-state index is 0.809. The predicted molar refractivity (Wildman–Crippen MR) is 71.8 cm³/mol. The van der Waals surface area contributed by atoms with Crippen LogP contribution in [-0.4, -0.2) is 37.1 Å². The van der Waals surface area contributed by atoms with Gasteiger partial charge < -0.3 is 10.2 Å². The smallest absolute Gasteiger partial charge is 0.00669 e. The van der Waals surface area contributed by atoms with E-state index in [1.165, 1.54) is 44.3 Å². The Labute approximate surface area is 101 Å². The molecule has 94 valence electrons. The SMILES string of the molecule is C=C(C)CCNCCCN1CCCCC1C. The van der Waals surface area contributed by atoms with Gasteiger partial charge in [-0.15, -0.1) is 6.58 Å². The van der Waals surface area contributed by atoms with Crippen molar-refractivity contribution in [2.45, 2.75) is 52.0 Å². The van der Waals surface area contributed by atoms with E-state index in [-0.39, 0.29) is 0 Å². The molecule has 0 bridgehead atoms. The molecule has 0 aromatic carbocycles. The van der Waals surface area contributed by atoms with E-state index in [9.17, 15) is 0 Å². The Balaban J connectivity index is 1.95. The standard InChI is InChI=1S/C14H28N2/c1-13(2)8-10-15-9-6-12-16-11-5-4-7-14(16)3/h14-15H,1,4-12H2,2-3H3. The Morgan fingerprint density at radius 3 is 2.88 bits per heavy atom. The summed E-state index contributed by atoms with van der Waals surface area (Å²) in [5.41, 5.74) is 1.28. The number of likely N-dealkylation sites (tertiary alicyclic amines) is 1. The summed E-state index contributed by atoms with van der Waals surface area (Å²) < 4.78 is 0. The van der Waals surface area contributed by atoms with E-state index in [1.54, 1.807) is 0 Å². The quantitative estimate of drug-likeness (QED) is 0.528. The maximum absolute atomic E-state index is 3.91. The van der Waals surface area contributed by atoms with Crippen LogP contribution in [-0.2, 0) is 0 Å². The normalized spacial score (nSPS) is 22.2. The zero-order chi connectivity index (χ0) is 11.8. The number of nitrogens with one attached hydrogen (secondary N) is 1. The molecule has 1 aliphatic heterocycles. The largest absolute Gasteiger partial charge is 0.316 e. The average Bonchev–Trinajstić information content (AvgIpc) is 2.25. The van der Waals surface area contributed by atoms with Crippen molar-refractivity contribution in [1.82, 2.24) is 10.2 Å². The third-order valence-corrected chi connectivity index (χ3v) is 3.47. The van der Waals surface area contributed by atoms with Gasteiger partial charge in [0.2, 0.25) is 0 Å². The minimum atomic E-state index is 0.809. The number of hydrogen-bond acceptors (Lipinski definition) is 2. The Kier molecular flexibility index (Phi) is 6.74. The van der Waals surface area contributed by atoms with Gasteiger partial charge in [-0.25, -0.2) is 0 Å². The van der Waals surface area contributed by atoms with Gasteiger partial charge in [0.1, 0.15) is 0 Å². The van der Waals surface area contributed by atoms with Crippen molar-refractivity contribution in [2.75, 3.05) is 26.2 Å². The molecule has 1 aliphatic rings. The number of piperidine rings is 1. The van der Waals surface area contributed by atoms with Crippen LogP contribution in [0.25, 0.3) is 0 Å². The van der Waals surface area contributed by atoms with Crippen LogP contribution in [0.1, 0.15) is 46.0 Å². The summed E-state index contributed by atoms with van der Waals surface area (Å²) in [7, 11) is 0. The van der Waals surface area contributed by atoms with E-state index in [0.717, 1.165) is 25.6 Å². The molecular weight excluding hydrogens is 196 g/mol. The lowest BCUT2D eigenvalue weighted by atomic mass is 10.0. The molecule has 1 unspecified atom stereocenters. The van der Waals surface area contributed by atoms with Gasteiger partial charge in [-0.3, -0.25) is 0 Å². The summed E-state index contributed by atoms with van der Waals surface area (Å²) in [5.74, 6) is 0. The first-order valence-corrected chi connectivity index (χ1v) is 6.79. The van der Waals surface area contributed by atoms with E-state index in [0.29, 0.717) is 0 Å². The number of nitrogens with zero attached hydrogens (tertiary/aromatic N) is 1. The Hall–Kier alpha value is -0.340.